The SMILES string of the molecule is O=S(=O)(Nc1ccc(F)cc1-c1ccc2c(c1)OC[C@H](Cc1ccc(Br)cn1)[C@H]2O)C(F)(F)F. The fourth-order valence-corrected chi connectivity index (χ4v) is 4.44. The third kappa shape index (κ3) is 5.03. The summed E-state index contributed by atoms with van der Waals surface area (Å²) < 4.78 is 83.6. The Bertz CT molecular complexity index is 1320. The molecule has 0 fully saturated rings. The molecule has 0 radical (unpaired) electrons. The number of sulfonamides is 1. The summed E-state index contributed by atoms with van der Waals surface area (Å²) in [4.78, 5) is 4.30. The van der Waals surface area contributed by atoms with Crippen LogP contribution in [-0.2, 0) is 16.4 Å². The summed E-state index contributed by atoms with van der Waals surface area (Å²) in [6.07, 6.45) is 1.19. The van der Waals surface area contributed by atoms with Gasteiger partial charge in [-0.1, -0.05) is 12.1 Å². The van der Waals surface area contributed by atoms with Gasteiger partial charge in [-0.15, -0.1) is 0 Å². The first kappa shape index (κ1) is 24.4. The minimum atomic E-state index is -5.71. The van der Waals surface area contributed by atoms with Crippen LogP contribution in [0.25, 0.3) is 11.1 Å². The molecule has 0 spiro atoms. The average molecular weight is 561 g/mol. The number of nitrogens with zero attached hydrogens (tertiary/aromatic N) is 1. The summed E-state index contributed by atoms with van der Waals surface area (Å²) in [5, 5.41) is 10.8. The van der Waals surface area contributed by atoms with E-state index in [-0.39, 0.29) is 29.4 Å². The van der Waals surface area contributed by atoms with Gasteiger partial charge in [-0.3, -0.25) is 9.71 Å². The zero-order valence-electron chi connectivity index (χ0n) is 17.2. The van der Waals surface area contributed by atoms with Crippen LogP contribution in [-0.4, -0.2) is 30.6 Å². The molecular weight excluding hydrogens is 544 g/mol. The number of anilines is 1. The van der Waals surface area contributed by atoms with Crippen LogP contribution >= 0.6 is 15.9 Å². The van der Waals surface area contributed by atoms with Crippen LogP contribution in [0.1, 0.15) is 17.4 Å². The molecule has 0 saturated heterocycles. The molecule has 0 aliphatic carbocycles. The lowest BCUT2D eigenvalue weighted by atomic mass is 9.88. The second kappa shape index (κ2) is 9.16. The minimum Gasteiger partial charge on any atom is -0.493 e. The van der Waals surface area contributed by atoms with Crippen molar-refractivity contribution in [2.75, 3.05) is 11.3 Å². The van der Waals surface area contributed by atoms with Gasteiger partial charge >= 0.3 is 15.5 Å². The van der Waals surface area contributed by atoms with Gasteiger partial charge in [-0.05, 0) is 64.3 Å². The summed E-state index contributed by atoms with van der Waals surface area (Å²) in [5.41, 5.74) is -4.69. The molecule has 4 rings (SSSR count). The third-order valence-corrected chi connectivity index (χ3v) is 6.90. The smallest absolute Gasteiger partial charge is 0.493 e. The molecule has 2 atom stereocenters. The van der Waals surface area contributed by atoms with E-state index in [1.807, 2.05) is 12.1 Å². The molecule has 2 heterocycles. The predicted molar refractivity (Wildman–Crippen MR) is 120 cm³/mol. The molecule has 34 heavy (non-hydrogen) atoms. The Kier molecular flexibility index (Phi) is 6.58. The standard InChI is InChI=1S/C22H17BrF4N2O4S/c23-14-2-4-16(28-10-14)7-13-11-33-20-8-12(1-5-17(20)21(13)30)18-9-15(24)3-6-19(18)29-34(31,32)22(25,26)27/h1-6,8-10,13,21,29-30H,7,11H2/t13-,21+/m0/s1. The summed E-state index contributed by atoms with van der Waals surface area (Å²) in [7, 11) is -5.71. The van der Waals surface area contributed by atoms with Crippen molar-refractivity contribution in [2.45, 2.75) is 18.0 Å². The lowest BCUT2D eigenvalue weighted by Gasteiger charge is -2.30. The maximum Gasteiger partial charge on any atom is 0.516 e. The van der Waals surface area contributed by atoms with Gasteiger partial charge in [0.1, 0.15) is 11.6 Å². The van der Waals surface area contributed by atoms with Crippen LogP contribution in [0.5, 0.6) is 5.75 Å². The number of fused-ring (bicyclic) bond motifs is 1. The summed E-state index contributed by atoms with van der Waals surface area (Å²) >= 11 is 3.31. The molecule has 3 aromatic rings. The number of aliphatic hydroxyl groups excluding tert-OH is 1. The lowest BCUT2D eigenvalue weighted by molar-refractivity contribution is -0.0429. The number of rotatable bonds is 5. The number of hydrogen-bond acceptors (Lipinski definition) is 5. The van der Waals surface area contributed by atoms with Gasteiger partial charge in [0.05, 0.1) is 18.4 Å². The van der Waals surface area contributed by atoms with Crippen LogP contribution in [0.3, 0.4) is 0 Å². The molecule has 0 amide bonds. The normalized spacial score (nSPS) is 18.2. The van der Waals surface area contributed by atoms with Gasteiger partial charge in [0.2, 0.25) is 0 Å². The number of nitrogens with one attached hydrogen (secondary N) is 1. The Balaban J connectivity index is 1.63. The largest absolute Gasteiger partial charge is 0.516 e. The second-order valence-corrected chi connectivity index (χ2v) is 10.3. The van der Waals surface area contributed by atoms with Gasteiger partial charge in [-0.2, -0.15) is 21.6 Å². The van der Waals surface area contributed by atoms with E-state index in [1.165, 1.54) is 22.9 Å². The molecule has 6 nitrogen and oxygen atoms in total. The molecule has 2 aromatic carbocycles. The number of aromatic nitrogens is 1. The first-order valence-corrected chi connectivity index (χ1v) is 12.2. The number of alkyl halides is 3. The van der Waals surface area contributed by atoms with Crippen molar-refractivity contribution in [1.29, 1.82) is 0 Å². The number of halogens is 5. The van der Waals surface area contributed by atoms with Gasteiger partial charge in [0.15, 0.2) is 0 Å². The first-order valence-electron chi connectivity index (χ1n) is 9.89. The number of hydrogen-bond donors (Lipinski definition) is 2. The van der Waals surface area contributed by atoms with E-state index in [1.54, 1.807) is 6.20 Å². The van der Waals surface area contributed by atoms with Crippen molar-refractivity contribution in [2.24, 2.45) is 5.92 Å². The molecule has 2 N–H and O–H groups in total. The van der Waals surface area contributed by atoms with E-state index < -0.39 is 33.1 Å². The zero-order valence-corrected chi connectivity index (χ0v) is 19.6. The molecule has 12 heteroatoms. The van der Waals surface area contributed by atoms with Crippen molar-refractivity contribution >= 4 is 31.6 Å². The quantitative estimate of drug-likeness (QED) is 0.419. The molecular formula is C22H17BrF4N2O4S. The number of benzene rings is 2. The van der Waals surface area contributed by atoms with Crippen molar-refractivity contribution in [1.82, 2.24) is 4.98 Å². The summed E-state index contributed by atoms with van der Waals surface area (Å²) in [5.74, 6) is -0.806. The van der Waals surface area contributed by atoms with Crippen LogP contribution in [0, 0.1) is 11.7 Å². The van der Waals surface area contributed by atoms with Crippen molar-refractivity contribution in [3.63, 3.8) is 0 Å². The molecule has 1 aromatic heterocycles. The van der Waals surface area contributed by atoms with Crippen LogP contribution in [0.4, 0.5) is 23.2 Å². The molecule has 1 aliphatic rings. The lowest BCUT2D eigenvalue weighted by Crippen LogP contribution is -2.30. The fourth-order valence-electron chi connectivity index (χ4n) is 3.63. The number of aliphatic hydroxyl groups is 1. The third-order valence-electron chi connectivity index (χ3n) is 5.33. The van der Waals surface area contributed by atoms with E-state index in [0.717, 1.165) is 28.4 Å². The topological polar surface area (TPSA) is 88.5 Å². The molecule has 1 aliphatic heterocycles. The van der Waals surface area contributed by atoms with E-state index in [4.69, 9.17) is 4.74 Å². The highest BCUT2D eigenvalue weighted by Crippen LogP contribution is 2.41. The minimum absolute atomic E-state index is 0.116. The maximum atomic E-state index is 13.9. The first-order chi connectivity index (χ1) is 15.9. The summed E-state index contributed by atoms with van der Waals surface area (Å²) in [6.45, 7) is 0.145. The molecule has 0 bridgehead atoms. The Morgan fingerprint density at radius 2 is 1.91 bits per heavy atom. The maximum absolute atomic E-state index is 13.9. The van der Waals surface area contributed by atoms with E-state index in [0.29, 0.717) is 12.0 Å². The highest BCUT2D eigenvalue weighted by Gasteiger charge is 2.46. The van der Waals surface area contributed by atoms with Crippen LogP contribution < -0.4 is 9.46 Å². The van der Waals surface area contributed by atoms with E-state index in [2.05, 4.69) is 20.9 Å². The zero-order chi connectivity index (χ0) is 24.7. The highest BCUT2D eigenvalue weighted by atomic mass is 79.9. The second-order valence-electron chi connectivity index (χ2n) is 7.68. The van der Waals surface area contributed by atoms with Gasteiger partial charge < -0.3 is 9.84 Å². The Morgan fingerprint density at radius 1 is 1.15 bits per heavy atom. The van der Waals surface area contributed by atoms with Crippen molar-refractivity contribution < 1.29 is 35.8 Å². The van der Waals surface area contributed by atoms with Crippen molar-refractivity contribution in [3.05, 3.63) is 76.3 Å². The number of pyridine rings is 1. The average Bonchev–Trinajstić information content (AvgIpc) is 2.77. The fraction of sp³-hybridized carbons (Fsp3) is 0.227. The summed E-state index contributed by atoms with van der Waals surface area (Å²) in [6, 6.07) is 10.7. The van der Waals surface area contributed by atoms with Gasteiger partial charge in [0, 0.05) is 33.4 Å². The van der Waals surface area contributed by atoms with E-state index in [9.17, 15) is 31.1 Å². The monoisotopic (exact) mass is 560 g/mol. The van der Waals surface area contributed by atoms with E-state index >= 15 is 0 Å². The highest BCUT2D eigenvalue weighted by molar-refractivity contribution is 9.10. The van der Waals surface area contributed by atoms with Crippen LogP contribution in [0.2, 0.25) is 0 Å². The Hall–Kier alpha value is -2.70. The predicted octanol–water partition coefficient (Wildman–Crippen LogP) is 5.20. The number of ether oxygens (including phenoxy) is 1. The molecule has 0 unspecified atom stereocenters. The Morgan fingerprint density at radius 3 is 2.59 bits per heavy atom. The van der Waals surface area contributed by atoms with Crippen LogP contribution in [0.15, 0.2) is 59.2 Å². The van der Waals surface area contributed by atoms with Gasteiger partial charge in [0.25, 0.3) is 0 Å². The van der Waals surface area contributed by atoms with Crippen molar-refractivity contribution in [3.8, 4) is 16.9 Å². The molecule has 180 valence electrons. The van der Waals surface area contributed by atoms with Gasteiger partial charge in [-0.25, -0.2) is 4.39 Å². The molecule has 0 saturated carbocycles. The Labute approximate surface area is 200 Å².